The Morgan fingerprint density at radius 1 is 1.17 bits per heavy atom. The lowest BCUT2D eigenvalue weighted by Crippen LogP contribution is -2.46. The first kappa shape index (κ1) is 15.6. The molecule has 4 heterocycles. The summed E-state index contributed by atoms with van der Waals surface area (Å²) in [6.07, 6.45) is 7.57. The maximum absolute atomic E-state index is 12.6. The van der Waals surface area contributed by atoms with Crippen LogP contribution in [0.1, 0.15) is 24.1 Å². The minimum Gasteiger partial charge on any atom is -0.342 e. The number of aromatic nitrogens is 2. The van der Waals surface area contributed by atoms with Gasteiger partial charge in [-0.05, 0) is 36.8 Å². The summed E-state index contributed by atoms with van der Waals surface area (Å²) in [6, 6.07) is 5.91. The van der Waals surface area contributed by atoms with Crippen molar-refractivity contribution in [3.63, 3.8) is 0 Å². The maximum atomic E-state index is 12.6. The fraction of sp³-hybridized carbons (Fsp3) is 0.500. The number of carbonyl (C=O) groups excluding carboxylic acids is 1. The molecule has 6 heteroatoms. The molecule has 5 nitrogen and oxygen atoms in total. The molecular formula is C18H22N4OS. The Kier molecular flexibility index (Phi) is 4.22. The lowest BCUT2D eigenvalue weighted by atomic mass is 9.79. The summed E-state index contributed by atoms with van der Waals surface area (Å²) in [4.78, 5) is 26.9. The molecule has 0 radical (unpaired) electrons. The molecule has 24 heavy (non-hydrogen) atoms. The van der Waals surface area contributed by atoms with Gasteiger partial charge in [0, 0.05) is 48.9 Å². The van der Waals surface area contributed by atoms with Crippen molar-refractivity contribution in [3.8, 4) is 0 Å². The Balaban J connectivity index is 1.42. The van der Waals surface area contributed by atoms with Crippen molar-refractivity contribution in [2.75, 3.05) is 31.1 Å². The number of hydrogen-bond donors (Lipinski definition) is 0. The summed E-state index contributed by atoms with van der Waals surface area (Å²) in [5.41, 5.74) is 0.211. The van der Waals surface area contributed by atoms with Crippen molar-refractivity contribution in [3.05, 3.63) is 40.8 Å². The molecular weight excluding hydrogens is 320 g/mol. The van der Waals surface area contributed by atoms with Gasteiger partial charge >= 0.3 is 0 Å². The van der Waals surface area contributed by atoms with Crippen molar-refractivity contribution in [2.45, 2.75) is 25.7 Å². The first-order valence-corrected chi connectivity index (χ1v) is 9.44. The quantitative estimate of drug-likeness (QED) is 0.860. The monoisotopic (exact) mass is 342 g/mol. The molecule has 2 saturated heterocycles. The number of hydrogen-bond acceptors (Lipinski definition) is 5. The second-order valence-corrected chi connectivity index (χ2v) is 7.93. The van der Waals surface area contributed by atoms with E-state index < -0.39 is 0 Å². The third-order valence-corrected chi connectivity index (χ3v) is 6.07. The van der Waals surface area contributed by atoms with E-state index >= 15 is 0 Å². The van der Waals surface area contributed by atoms with Gasteiger partial charge in [0.2, 0.25) is 11.9 Å². The fourth-order valence-corrected chi connectivity index (χ4v) is 4.68. The van der Waals surface area contributed by atoms with E-state index in [4.69, 9.17) is 0 Å². The SMILES string of the molecule is O=C(Cc1cccs1)N1CC[C@]2(CCCN(c3ncccn3)C2)C1. The van der Waals surface area contributed by atoms with Crippen LogP contribution >= 0.6 is 11.3 Å². The molecule has 1 atom stereocenters. The summed E-state index contributed by atoms with van der Waals surface area (Å²) in [5, 5.41) is 2.03. The topological polar surface area (TPSA) is 49.3 Å². The van der Waals surface area contributed by atoms with Crippen LogP contribution in [-0.2, 0) is 11.2 Å². The predicted molar refractivity (Wildman–Crippen MR) is 95.1 cm³/mol. The lowest BCUT2D eigenvalue weighted by molar-refractivity contribution is -0.129. The average molecular weight is 342 g/mol. The Labute approximate surface area is 146 Å². The van der Waals surface area contributed by atoms with Crippen molar-refractivity contribution in [1.82, 2.24) is 14.9 Å². The maximum Gasteiger partial charge on any atom is 0.227 e. The van der Waals surface area contributed by atoms with Gasteiger partial charge in [-0.2, -0.15) is 0 Å². The van der Waals surface area contributed by atoms with Crippen LogP contribution in [0.25, 0.3) is 0 Å². The predicted octanol–water partition coefficient (Wildman–Crippen LogP) is 2.60. The van der Waals surface area contributed by atoms with Crippen LogP contribution in [-0.4, -0.2) is 47.0 Å². The third kappa shape index (κ3) is 3.15. The van der Waals surface area contributed by atoms with Gasteiger partial charge in [-0.15, -0.1) is 11.3 Å². The molecule has 0 N–H and O–H groups in total. The van der Waals surface area contributed by atoms with Gasteiger partial charge in [0.25, 0.3) is 0 Å². The lowest BCUT2D eigenvalue weighted by Gasteiger charge is -2.40. The molecule has 0 saturated carbocycles. The molecule has 2 aromatic rings. The molecule has 2 fully saturated rings. The van der Waals surface area contributed by atoms with Gasteiger partial charge in [0.1, 0.15) is 0 Å². The molecule has 2 aliphatic heterocycles. The standard InChI is InChI=1S/C18H22N4OS/c23-16(12-15-4-1-11-24-15)21-10-6-18(13-21)5-2-9-22(14-18)17-19-7-3-8-20-17/h1,3-4,7-8,11H,2,5-6,9-10,12-14H2/t18-/m1/s1. The highest BCUT2D eigenvalue weighted by atomic mass is 32.1. The molecule has 0 bridgehead atoms. The van der Waals surface area contributed by atoms with Gasteiger partial charge in [-0.3, -0.25) is 4.79 Å². The van der Waals surface area contributed by atoms with Crippen molar-refractivity contribution in [1.29, 1.82) is 0 Å². The molecule has 2 aliphatic rings. The molecule has 2 aromatic heterocycles. The second kappa shape index (κ2) is 6.51. The van der Waals surface area contributed by atoms with E-state index in [-0.39, 0.29) is 11.3 Å². The number of rotatable bonds is 3. The average Bonchev–Trinajstić information content (AvgIpc) is 3.26. The van der Waals surface area contributed by atoms with E-state index in [1.54, 1.807) is 23.7 Å². The molecule has 126 valence electrons. The van der Waals surface area contributed by atoms with Crippen LogP contribution in [0.2, 0.25) is 0 Å². The normalized spacial score (nSPS) is 23.8. The van der Waals surface area contributed by atoms with Gasteiger partial charge in [-0.25, -0.2) is 9.97 Å². The van der Waals surface area contributed by atoms with Crippen molar-refractivity contribution < 1.29 is 4.79 Å². The summed E-state index contributed by atoms with van der Waals surface area (Å²) < 4.78 is 0. The number of thiophene rings is 1. The number of piperidine rings is 1. The number of anilines is 1. The van der Waals surface area contributed by atoms with E-state index in [9.17, 15) is 4.79 Å². The zero-order valence-electron chi connectivity index (χ0n) is 13.7. The Bertz CT molecular complexity index is 690. The largest absolute Gasteiger partial charge is 0.342 e. The first-order valence-electron chi connectivity index (χ1n) is 8.56. The molecule has 1 spiro atoms. The third-order valence-electron chi connectivity index (χ3n) is 5.19. The van der Waals surface area contributed by atoms with E-state index in [1.807, 2.05) is 23.6 Å². The summed E-state index contributed by atoms with van der Waals surface area (Å²) in [5.74, 6) is 1.09. The van der Waals surface area contributed by atoms with Crippen LogP contribution in [0.5, 0.6) is 0 Å². The van der Waals surface area contributed by atoms with E-state index in [1.165, 1.54) is 6.42 Å². The van der Waals surface area contributed by atoms with Crippen LogP contribution in [0.3, 0.4) is 0 Å². The number of amides is 1. The van der Waals surface area contributed by atoms with Gasteiger partial charge in [0.05, 0.1) is 6.42 Å². The minimum absolute atomic E-state index is 0.211. The van der Waals surface area contributed by atoms with Crippen LogP contribution in [0, 0.1) is 5.41 Å². The molecule has 1 amide bonds. The zero-order chi connectivity index (χ0) is 16.4. The molecule has 4 rings (SSSR count). The second-order valence-electron chi connectivity index (χ2n) is 6.90. The molecule has 0 aliphatic carbocycles. The first-order chi connectivity index (χ1) is 11.7. The Morgan fingerprint density at radius 3 is 2.83 bits per heavy atom. The van der Waals surface area contributed by atoms with Crippen molar-refractivity contribution >= 4 is 23.2 Å². The van der Waals surface area contributed by atoms with Gasteiger partial charge < -0.3 is 9.80 Å². The summed E-state index contributed by atoms with van der Waals surface area (Å²) >= 11 is 1.66. The highest BCUT2D eigenvalue weighted by Crippen LogP contribution is 2.39. The Morgan fingerprint density at radius 2 is 2.04 bits per heavy atom. The van der Waals surface area contributed by atoms with E-state index in [2.05, 4.69) is 19.8 Å². The van der Waals surface area contributed by atoms with E-state index in [0.29, 0.717) is 6.42 Å². The van der Waals surface area contributed by atoms with Crippen LogP contribution in [0.15, 0.2) is 36.0 Å². The molecule has 0 aromatic carbocycles. The van der Waals surface area contributed by atoms with Gasteiger partial charge in [0.15, 0.2) is 0 Å². The van der Waals surface area contributed by atoms with Crippen LogP contribution < -0.4 is 4.90 Å². The fourth-order valence-electron chi connectivity index (χ4n) is 3.99. The number of likely N-dealkylation sites (tertiary alicyclic amines) is 1. The highest BCUT2D eigenvalue weighted by molar-refractivity contribution is 7.10. The number of carbonyl (C=O) groups is 1. The minimum atomic E-state index is 0.211. The van der Waals surface area contributed by atoms with E-state index in [0.717, 1.165) is 49.8 Å². The zero-order valence-corrected chi connectivity index (χ0v) is 14.5. The highest BCUT2D eigenvalue weighted by Gasteiger charge is 2.43. The Hall–Kier alpha value is -1.95. The smallest absolute Gasteiger partial charge is 0.227 e. The van der Waals surface area contributed by atoms with Gasteiger partial charge in [-0.1, -0.05) is 6.07 Å². The number of nitrogens with zero attached hydrogens (tertiary/aromatic N) is 4. The van der Waals surface area contributed by atoms with Crippen molar-refractivity contribution in [2.24, 2.45) is 5.41 Å². The summed E-state index contributed by atoms with van der Waals surface area (Å²) in [6.45, 7) is 3.73. The van der Waals surface area contributed by atoms with Crippen LogP contribution in [0.4, 0.5) is 5.95 Å². The summed E-state index contributed by atoms with van der Waals surface area (Å²) in [7, 11) is 0. The molecule has 0 unspecified atom stereocenters.